The van der Waals surface area contributed by atoms with Gasteiger partial charge in [-0.15, -0.1) is 0 Å². The van der Waals surface area contributed by atoms with E-state index in [1.165, 1.54) is 6.08 Å². The van der Waals surface area contributed by atoms with E-state index in [2.05, 4.69) is 5.32 Å². The number of halogens is 3. The molecule has 3 amide bonds. The first-order valence-corrected chi connectivity index (χ1v) is 8.55. The Kier molecular flexibility index (Phi) is 5.90. The first-order valence-electron chi connectivity index (χ1n) is 8.55. The lowest BCUT2D eigenvalue weighted by molar-refractivity contribution is -0.166. The van der Waals surface area contributed by atoms with Gasteiger partial charge in [0.15, 0.2) is 0 Å². The van der Waals surface area contributed by atoms with E-state index in [9.17, 15) is 27.6 Å². The number of allylic oxidation sites excluding steroid dienone is 1. The van der Waals surface area contributed by atoms with Gasteiger partial charge in [-0.3, -0.25) is 19.3 Å². The van der Waals surface area contributed by atoms with E-state index in [1.807, 2.05) is 6.92 Å². The minimum atomic E-state index is -4.66. The molecule has 1 saturated heterocycles. The van der Waals surface area contributed by atoms with Crippen LogP contribution < -0.4 is 5.32 Å². The summed E-state index contributed by atoms with van der Waals surface area (Å²) in [6.45, 7) is 2.60. The molecule has 0 radical (unpaired) electrons. The molecule has 0 spiro atoms. The molecule has 1 N–H and O–H groups in total. The van der Waals surface area contributed by atoms with Crippen LogP contribution in [0.2, 0.25) is 0 Å². The third kappa shape index (κ3) is 4.22. The van der Waals surface area contributed by atoms with E-state index in [0.717, 1.165) is 19.3 Å². The predicted molar refractivity (Wildman–Crippen MR) is 84.1 cm³/mol. The largest absolute Gasteiger partial charge is 0.406 e. The minimum absolute atomic E-state index is 0.245. The lowest BCUT2D eigenvalue weighted by Crippen LogP contribution is -2.45. The zero-order valence-corrected chi connectivity index (χ0v) is 14.3. The van der Waals surface area contributed by atoms with Gasteiger partial charge in [0.2, 0.25) is 17.7 Å². The maximum atomic E-state index is 12.7. The SMILES string of the molecule is CCCCCNC(=O)[C@H]1[C@@H]2C(=O)N(CC(F)(F)F)C(=O)[C@H]2C=C[C@H]1C. The highest BCUT2D eigenvalue weighted by molar-refractivity contribution is 6.08. The molecule has 1 aliphatic heterocycles. The number of fused-ring (bicyclic) bond motifs is 1. The van der Waals surface area contributed by atoms with Gasteiger partial charge >= 0.3 is 6.18 Å². The highest BCUT2D eigenvalue weighted by Gasteiger charge is 2.56. The summed E-state index contributed by atoms with van der Waals surface area (Å²) >= 11 is 0. The lowest BCUT2D eigenvalue weighted by Gasteiger charge is -2.30. The number of amides is 3. The van der Waals surface area contributed by atoms with Crippen molar-refractivity contribution >= 4 is 17.7 Å². The molecule has 8 heteroatoms. The fourth-order valence-electron chi connectivity index (χ4n) is 3.54. The summed E-state index contributed by atoms with van der Waals surface area (Å²) in [5.41, 5.74) is 0. The van der Waals surface area contributed by atoms with Crippen molar-refractivity contribution < 1.29 is 27.6 Å². The van der Waals surface area contributed by atoms with Gasteiger partial charge in [-0.25, -0.2) is 0 Å². The second-order valence-electron chi connectivity index (χ2n) is 6.70. The lowest BCUT2D eigenvalue weighted by atomic mass is 9.71. The van der Waals surface area contributed by atoms with Crippen LogP contribution in [-0.2, 0) is 14.4 Å². The first-order chi connectivity index (χ1) is 11.7. The molecule has 0 aromatic rings. The Labute approximate surface area is 144 Å². The Morgan fingerprint density at radius 3 is 2.48 bits per heavy atom. The Morgan fingerprint density at radius 2 is 1.88 bits per heavy atom. The summed E-state index contributed by atoms with van der Waals surface area (Å²) in [6, 6.07) is 0. The predicted octanol–water partition coefficient (Wildman–Crippen LogP) is 2.28. The van der Waals surface area contributed by atoms with E-state index in [0.29, 0.717) is 6.54 Å². The average Bonchev–Trinajstić information content (AvgIpc) is 2.75. The van der Waals surface area contributed by atoms with Crippen LogP contribution >= 0.6 is 0 Å². The minimum Gasteiger partial charge on any atom is -0.356 e. The van der Waals surface area contributed by atoms with Crippen LogP contribution in [0.4, 0.5) is 13.2 Å². The Bertz CT molecular complexity index is 574. The van der Waals surface area contributed by atoms with Crippen molar-refractivity contribution in [2.24, 2.45) is 23.7 Å². The molecule has 2 aliphatic rings. The molecule has 0 bridgehead atoms. The van der Waals surface area contributed by atoms with Crippen molar-refractivity contribution in [2.75, 3.05) is 13.1 Å². The molecule has 4 atom stereocenters. The topological polar surface area (TPSA) is 66.5 Å². The molecule has 1 fully saturated rings. The molecule has 2 rings (SSSR count). The molecule has 140 valence electrons. The van der Waals surface area contributed by atoms with Gasteiger partial charge in [-0.05, 0) is 12.3 Å². The number of imide groups is 1. The van der Waals surface area contributed by atoms with Gasteiger partial charge in [-0.2, -0.15) is 13.2 Å². The van der Waals surface area contributed by atoms with Gasteiger partial charge in [0.05, 0.1) is 17.8 Å². The van der Waals surface area contributed by atoms with Gasteiger partial charge in [0.1, 0.15) is 6.54 Å². The fraction of sp³-hybridized carbons (Fsp3) is 0.706. The highest BCUT2D eigenvalue weighted by atomic mass is 19.4. The number of unbranched alkanes of at least 4 members (excludes halogenated alkanes) is 2. The number of carbonyl (C=O) groups excluding carboxylic acids is 3. The maximum absolute atomic E-state index is 12.7. The maximum Gasteiger partial charge on any atom is 0.406 e. The second-order valence-corrected chi connectivity index (χ2v) is 6.70. The smallest absolute Gasteiger partial charge is 0.356 e. The quantitative estimate of drug-likeness (QED) is 0.449. The second kappa shape index (κ2) is 7.58. The van der Waals surface area contributed by atoms with Crippen LogP contribution in [0.3, 0.4) is 0 Å². The summed E-state index contributed by atoms with van der Waals surface area (Å²) < 4.78 is 38.0. The number of carbonyl (C=O) groups is 3. The van der Waals surface area contributed by atoms with Gasteiger partial charge in [0, 0.05) is 6.54 Å². The Hall–Kier alpha value is -1.86. The number of hydrogen-bond acceptors (Lipinski definition) is 3. The molecule has 0 aromatic carbocycles. The van der Waals surface area contributed by atoms with Gasteiger partial charge in [0.25, 0.3) is 0 Å². The fourth-order valence-corrected chi connectivity index (χ4v) is 3.54. The van der Waals surface area contributed by atoms with E-state index >= 15 is 0 Å². The first kappa shape index (κ1) is 19.5. The summed E-state index contributed by atoms with van der Waals surface area (Å²) in [5.74, 6) is -5.35. The zero-order chi connectivity index (χ0) is 18.8. The molecule has 0 aromatic heterocycles. The molecular formula is C17H23F3N2O3. The molecule has 0 unspecified atom stereocenters. The number of rotatable bonds is 6. The van der Waals surface area contributed by atoms with E-state index in [-0.39, 0.29) is 16.7 Å². The van der Waals surface area contributed by atoms with Gasteiger partial charge in [-0.1, -0.05) is 38.8 Å². The van der Waals surface area contributed by atoms with Crippen LogP contribution in [0, 0.1) is 23.7 Å². The number of likely N-dealkylation sites (tertiary alicyclic amines) is 1. The Morgan fingerprint density at radius 1 is 1.20 bits per heavy atom. The van der Waals surface area contributed by atoms with E-state index in [4.69, 9.17) is 0 Å². The van der Waals surface area contributed by atoms with Crippen molar-refractivity contribution in [3.63, 3.8) is 0 Å². The van der Waals surface area contributed by atoms with Crippen molar-refractivity contribution in [3.8, 4) is 0 Å². The van der Waals surface area contributed by atoms with Crippen molar-refractivity contribution in [3.05, 3.63) is 12.2 Å². The number of alkyl halides is 3. The monoisotopic (exact) mass is 360 g/mol. The number of nitrogens with zero attached hydrogens (tertiary/aromatic N) is 1. The highest BCUT2D eigenvalue weighted by Crippen LogP contribution is 2.41. The molecule has 5 nitrogen and oxygen atoms in total. The van der Waals surface area contributed by atoms with E-state index < -0.39 is 42.3 Å². The molecular weight excluding hydrogens is 337 g/mol. The molecule has 1 aliphatic carbocycles. The third-order valence-electron chi connectivity index (χ3n) is 4.78. The Balaban J connectivity index is 2.16. The van der Waals surface area contributed by atoms with Crippen LogP contribution in [-0.4, -0.2) is 41.9 Å². The molecule has 25 heavy (non-hydrogen) atoms. The average molecular weight is 360 g/mol. The summed E-state index contributed by atoms with van der Waals surface area (Å²) in [4.78, 5) is 37.4. The molecule has 1 heterocycles. The van der Waals surface area contributed by atoms with E-state index in [1.54, 1.807) is 13.0 Å². The summed E-state index contributed by atoms with van der Waals surface area (Å²) in [5, 5.41) is 2.75. The van der Waals surface area contributed by atoms with Crippen LogP contribution in [0.1, 0.15) is 33.1 Å². The third-order valence-corrected chi connectivity index (χ3v) is 4.78. The van der Waals surface area contributed by atoms with Crippen LogP contribution in [0.5, 0.6) is 0 Å². The summed E-state index contributed by atoms with van der Waals surface area (Å²) in [6.07, 6.45) is 1.17. The van der Waals surface area contributed by atoms with Crippen LogP contribution in [0.15, 0.2) is 12.2 Å². The van der Waals surface area contributed by atoms with Gasteiger partial charge < -0.3 is 5.32 Å². The standard InChI is InChI=1S/C17H23F3N2O3/c1-3-4-5-8-21-14(23)12-10(2)6-7-11-13(12)16(25)22(15(11)24)9-17(18,19)20/h6-7,10-13H,3-5,8-9H2,1-2H3,(H,21,23)/t10-,11+,12-,13-/m1/s1. The van der Waals surface area contributed by atoms with Crippen molar-refractivity contribution in [1.82, 2.24) is 10.2 Å². The van der Waals surface area contributed by atoms with Crippen molar-refractivity contribution in [2.45, 2.75) is 39.3 Å². The zero-order valence-electron chi connectivity index (χ0n) is 14.3. The van der Waals surface area contributed by atoms with Crippen LogP contribution in [0.25, 0.3) is 0 Å². The summed E-state index contributed by atoms with van der Waals surface area (Å²) in [7, 11) is 0. The normalized spacial score (nSPS) is 29.1. The number of nitrogens with one attached hydrogen (secondary N) is 1. The number of hydrogen-bond donors (Lipinski definition) is 1. The molecule has 0 saturated carbocycles. The van der Waals surface area contributed by atoms with Crippen molar-refractivity contribution in [1.29, 1.82) is 0 Å².